The highest BCUT2D eigenvalue weighted by Gasteiger charge is 2.24. The number of aromatic nitrogens is 3. The van der Waals surface area contributed by atoms with Crippen molar-refractivity contribution in [3.8, 4) is 5.82 Å². The van der Waals surface area contributed by atoms with Crippen LogP contribution in [-0.2, 0) is 6.42 Å². The van der Waals surface area contributed by atoms with Gasteiger partial charge in [0.1, 0.15) is 0 Å². The van der Waals surface area contributed by atoms with E-state index in [0.29, 0.717) is 30.6 Å². The summed E-state index contributed by atoms with van der Waals surface area (Å²) in [6.07, 6.45) is 5.10. The number of carbonyl (C=O) groups is 1. The maximum atomic E-state index is 12.5. The normalized spacial score (nSPS) is 11.5. The highest BCUT2D eigenvalue weighted by Crippen LogP contribution is 2.16. The molecule has 0 saturated carbocycles. The molecule has 2 N–H and O–H groups in total. The molecule has 0 radical (unpaired) electrons. The number of rotatable bonds is 7. The third-order valence-electron chi connectivity index (χ3n) is 4.21. The second-order valence-corrected chi connectivity index (χ2v) is 5.57. The predicted molar refractivity (Wildman–Crippen MR) is 88.6 cm³/mol. The van der Waals surface area contributed by atoms with Crippen molar-refractivity contribution in [1.82, 2.24) is 20.1 Å². The van der Waals surface area contributed by atoms with Crippen LogP contribution >= 0.6 is 0 Å². The summed E-state index contributed by atoms with van der Waals surface area (Å²) in [5, 5.41) is 17.4. The van der Waals surface area contributed by atoms with Crippen LogP contribution in [0.2, 0.25) is 0 Å². The smallest absolute Gasteiger partial charge is 0.254 e. The lowest BCUT2D eigenvalue weighted by atomic mass is 9.97. The number of pyridine rings is 1. The number of aliphatic hydroxyl groups is 1. The van der Waals surface area contributed by atoms with Crippen molar-refractivity contribution < 1.29 is 9.90 Å². The van der Waals surface area contributed by atoms with E-state index in [1.165, 1.54) is 0 Å². The Kier molecular flexibility index (Phi) is 5.50. The lowest BCUT2D eigenvalue weighted by molar-refractivity contribution is 0.0314. The van der Waals surface area contributed by atoms with Gasteiger partial charge in [-0.2, -0.15) is 5.10 Å². The molecule has 0 aliphatic heterocycles. The molecule has 0 atom stereocenters. The molecule has 0 aromatic carbocycles. The number of amides is 1. The molecule has 0 aliphatic rings. The first-order valence-corrected chi connectivity index (χ1v) is 8.03. The van der Waals surface area contributed by atoms with Gasteiger partial charge < -0.3 is 10.4 Å². The van der Waals surface area contributed by atoms with Crippen LogP contribution in [0.5, 0.6) is 0 Å². The van der Waals surface area contributed by atoms with E-state index in [-0.39, 0.29) is 12.5 Å². The van der Waals surface area contributed by atoms with Crippen molar-refractivity contribution in [1.29, 1.82) is 0 Å². The third-order valence-corrected chi connectivity index (χ3v) is 4.21. The molecule has 6 nitrogen and oxygen atoms in total. The first-order chi connectivity index (χ1) is 11.0. The van der Waals surface area contributed by atoms with Gasteiger partial charge in [0, 0.05) is 12.7 Å². The van der Waals surface area contributed by atoms with E-state index in [4.69, 9.17) is 0 Å². The van der Waals surface area contributed by atoms with Crippen LogP contribution in [0.15, 0.2) is 30.6 Å². The lowest BCUT2D eigenvalue weighted by Crippen LogP contribution is -2.42. The van der Waals surface area contributed by atoms with Gasteiger partial charge >= 0.3 is 0 Å². The Labute approximate surface area is 136 Å². The summed E-state index contributed by atoms with van der Waals surface area (Å²) in [7, 11) is 0. The molecule has 2 rings (SSSR count). The second-order valence-electron chi connectivity index (χ2n) is 5.57. The molecule has 0 saturated heterocycles. The number of hydrogen-bond acceptors (Lipinski definition) is 4. The van der Waals surface area contributed by atoms with Crippen molar-refractivity contribution >= 4 is 5.91 Å². The van der Waals surface area contributed by atoms with Crippen molar-refractivity contribution in [2.45, 2.75) is 45.6 Å². The summed E-state index contributed by atoms with van der Waals surface area (Å²) in [5.41, 5.74) is 0.462. The van der Waals surface area contributed by atoms with Gasteiger partial charge in [-0.1, -0.05) is 26.8 Å². The van der Waals surface area contributed by atoms with Crippen LogP contribution < -0.4 is 5.32 Å². The molecule has 23 heavy (non-hydrogen) atoms. The minimum Gasteiger partial charge on any atom is -0.388 e. The summed E-state index contributed by atoms with van der Waals surface area (Å²) in [6, 6.07) is 5.56. The first-order valence-electron chi connectivity index (χ1n) is 8.03. The number of nitrogens with zero attached hydrogens (tertiary/aromatic N) is 3. The largest absolute Gasteiger partial charge is 0.388 e. The van der Waals surface area contributed by atoms with Crippen LogP contribution in [0, 0.1) is 0 Å². The molecular weight excluding hydrogens is 292 g/mol. The van der Waals surface area contributed by atoms with E-state index in [1.807, 2.05) is 39.0 Å². The Hall–Kier alpha value is -2.21. The summed E-state index contributed by atoms with van der Waals surface area (Å²) in [6.45, 7) is 6.02. The average Bonchev–Trinajstić information content (AvgIpc) is 3.04. The molecule has 0 fully saturated rings. The zero-order valence-corrected chi connectivity index (χ0v) is 13.9. The summed E-state index contributed by atoms with van der Waals surface area (Å²) < 4.78 is 1.68. The molecule has 2 aromatic heterocycles. The van der Waals surface area contributed by atoms with Gasteiger partial charge in [-0.3, -0.25) is 4.79 Å². The summed E-state index contributed by atoms with van der Waals surface area (Å²) in [4.78, 5) is 16.7. The van der Waals surface area contributed by atoms with E-state index in [9.17, 15) is 9.90 Å². The van der Waals surface area contributed by atoms with Crippen LogP contribution in [0.25, 0.3) is 5.82 Å². The lowest BCUT2D eigenvalue weighted by Gasteiger charge is -2.25. The Bertz CT molecular complexity index is 648. The molecule has 0 unspecified atom stereocenters. The minimum absolute atomic E-state index is 0.218. The van der Waals surface area contributed by atoms with Gasteiger partial charge in [0.25, 0.3) is 5.91 Å². The van der Waals surface area contributed by atoms with Gasteiger partial charge in [-0.15, -0.1) is 0 Å². The monoisotopic (exact) mass is 316 g/mol. The Morgan fingerprint density at radius 1 is 1.30 bits per heavy atom. The molecule has 2 heterocycles. The van der Waals surface area contributed by atoms with E-state index in [1.54, 1.807) is 17.1 Å². The third kappa shape index (κ3) is 3.76. The molecule has 124 valence electrons. The zero-order chi connectivity index (χ0) is 16.9. The van der Waals surface area contributed by atoms with Gasteiger partial charge in [-0.25, -0.2) is 9.67 Å². The predicted octanol–water partition coefficient (Wildman–Crippen LogP) is 2.11. The van der Waals surface area contributed by atoms with Gasteiger partial charge in [-0.05, 0) is 31.4 Å². The van der Waals surface area contributed by atoms with Crippen LogP contribution in [0.4, 0.5) is 0 Å². The molecule has 6 heteroatoms. The number of nitrogens with one attached hydrogen (secondary N) is 1. The molecule has 0 aliphatic carbocycles. The van der Waals surface area contributed by atoms with Crippen molar-refractivity contribution in [2.24, 2.45) is 0 Å². The molecule has 1 amide bonds. The Balaban J connectivity index is 2.20. The van der Waals surface area contributed by atoms with Gasteiger partial charge in [0.2, 0.25) is 0 Å². The Morgan fingerprint density at radius 3 is 2.61 bits per heavy atom. The fourth-order valence-corrected chi connectivity index (χ4v) is 2.42. The highest BCUT2D eigenvalue weighted by molar-refractivity contribution is 5.95. The number of hydrogen-bond donors (Lipinski definition) is 2. The Morgan fingerprint density at radius 2 is 2.04 bits per heavy atom. The average molecular weight is 316 g/mol. The molecule has 2 aromatic rings. The van der Waals surface area contributed by atoms with Gasteiger partial charge in [0.15, 0.2) is 5.82 Å². The van der Waals surface area contributed by atoms with E-state index in [2.05, 4.69) is 15.4 Å². The topological polar surface area (TPSA) is 80.0 Å². The fourth-order valence-electron chi connectivity index (χ4n) is 2.42. The van der Waals surface area contributed by atoms with Crippen LogP contribution in [0.3, 0.4) is 0 Å². The first kappa shape index (κ1) is 17.1. The van der Waals surface area contributed by atoms with E-state index >= 15 is 0 Å². The zero-order valence-electron chi connectivity index (χ0n) is 13.9. The van der Waals surface area contributed by atoms with E-state index in [0.717, 1.165) is 5.69 Å². The van der Waals surface area contributed by atoms with Gasteiger partial charge in [0.05, 0.1) is 23.1 Å². The van der Waals surface area contributed by atoms with Crippen LogP contribution in [-0.4, -0.2) is 37.9 Å². The molecule has 0 spiro atoms. The van der Waals surface area contributed by atoms with Crippen molar-refractivity contribution in [3.05, 3.63) is 41.9 Å². The van der Waals surface area contributed by atoms with Crippen LogP contribution in [0.1, 0.15) is 49.7 Å². The standard InChI is InChI=1S/C17H24N4O2/c1-4-14-13(16(22)19-12-17(23,5-2)6-3)11-20-21(14)15-9-7-8-10-18-15/h7-11,23H,4-6,12H2,1-3H3,(H,19,22). The van der Waals surface area contributed by atoms with Crippen molar-refractivity contribution in [3.63, 3.8) is 0 Å². The van der Waals surface area contributed by atoms with E-state index < -0.39 is 5.60 Å². The summed E-state index contributed by atoms with van der Waals surface area (Å²) >= 11 is 0. The fraction of sp³-hybridized carbons (Fsp3) is 0.471. The SMILES string of the molecule is CCc1c(C(=O)NCC(O)(CC)CC)cnn1-c1ccccn1. The highest BCUT2D eigenvalue weighted by atomic mass is 16.3. The molecule has 0 bridgehead atoms. The quantitative estimate of drug-likeness (QED) is 0.820. The maximum absolute atomic E-state index is 12.5. The van der Waals surface area contributed by atoms with Crippen molar-refractivity contribution in [2.75, 3.05) is 6.54 Å². The minimum atomic E-state index is -0.862. The molecular formula is C17H24N4O2. The summed E-state index contributed by atoms with van der Waals surface area (Å²) in [5.74, 6) is 0.464. The second kappa shape index (κ2) is 7.37. The maximum Gasteiger partial charge on any atom is 0.254 e. The number of carbonyl (C=O) groups excluding carboxylic acids is 1.